The van der Waals surface area contributed by atoms with Gasteiger partial charge in [-0.3, -0.25) is 4.79 Å². The van der Waals surface area contributed by atoms with Crippen LogP contribution in [0, 0.1) is 13.8 Å². The van der Waals surface area contributed by atoms with Crippen LogP contribution >= 0.6 is 0 Å². The number of benzene rings is 1. The van der Waals surface area contributed by atoms with Gasteiger partial charge in [0, 0.05) is 11.8 Å². The first-order valence-electron chi connectivity index (χ1n) is 8.61. The zero-order valence-corrected chi connectivity index (χ0v) is 15.7. The molecule has 0 spiro atoms. The number of rotatable bonds is 4. The van der Waals surface area contributed by atoms with Crippen molar-refractivity contribution in [2.24, 2.45) is 0 Å². The molecule has 9 nitrogen and oxygen atoms in total. The van der Waals surface area contributed by atoms with Crippen LogP contribution < -0.4 is 5.32 Å². The Hall–Kier alpha value is -3.96. The molecule has 4 aromatic rings. The summed E-state index contributed by atoms with van der Waals surface area (Å²) in [4.78, 5) is 16.2. The molecular weight excluding hydrogens is 403 g/mol. The van der Waals surface area contributed by atoms with Crippen LogP contribution in [-0.4, -0.2) is 35.6 Å². The van der Waals surface area contributed by atoms with Gasteiger partial charge in [0.15, 0.2) is 11.5 Å². The lowest BCUT2D eigenvalue weighted by atomic mass is 10.2. The Morgan fingerprint density at radius 3 is 2.40 bits per heavy atom. The number of amides is 1. The molecule has 0 aliphatic carbocycles. The topological polar surface area (TPSA) is 104 Å². The van der Waals surface area contributed by atoms with Gasteiger partial charge in [0.05, 0.1) is 17.4 Å². The van der Waals surface area contributed by atoms with Gasteiger partial charge in [-0.15, -0.1) is 5.10 Å². The molecule has 3 heterocycles. The Morgan fingerprint density at radius 1 is 1.10 bits per heavy atom. The number of anilines is 1. The third-order valence-electron chi connectivity index (χ3n) is 4.14. The molecule has 154 valence electrons. The lowest BCUT2D eigenvalue weighted by Gasteiger charge is -2.09. The second kappa shape index (κ2) is 7.13. The average molecular weight is 417 g/mol. The third-order valence-corrected chi connectivity index (χ3v) is 4.14. The first-order valence-corrected chi connectivity index (χ1v) is 8.61. The van der Waals surface area contributed by atoms with Gasteiger partial charge in [-0.25, -0.2) is 9.67 Å². The Bertz CT molecular complexity index is 1190. The molecule has 0 aliphatic rings. The van der Waals surface area contributed by atoms with Gasteiger partial charge < -0.3 is 9.84 Å². The molecule has 0 radical (unpaired) electrons. The van der Waals surface area contributed by atoms with Crippen LogP contribution in [0.4, 0.5) is 18.9 Å². The molecule has 3 aromatic heterocycles. The number of carbonyl (C=O) groups excluding carboxylic acids is 1. The molecule has 4 rings (SSSR count). The lowest BCUT2D eigenvalue weighted by molar-refractivity contribution is -0.141. The highest BCUT2D eigenvalue weighted by Gasteiger charge is 2.35. The summed E-state index contributed by atoms with van der Waals surface area (Å²) < 4.78 is 46.9. The van der Waals surface area contributed by atoms with Crippen LogP contribution in [0.3, 0.4) is 0 Å². The van der Waals surface area contributed by atoms with E-state index >= 15 is 0 Å². The highest BCUT2D eigenvalue weighted by Crippen LogP contribution is 2.31. The van der Waals surface area contributed by atoms with Crippen molar-refractivity contribution in [3.8, 4) is 11.5 Å². The number of aromatic nitrogens is 6. The van der Waals surface area contributed by atoms with Crippen molar-refractivity contribution in [1.29, 1.82) is 0 Å². The summed E-state index contributed by atoms with van der Waals surface area (Å²) in [5.74, 6) is 0.485. The SMILES string of the molecule is Cc1nc(C)n(-c2cc(C(F)(F)F)nn2-c2ccc(NC(=O)c3cnoc3)cc2)n1. The van der Waals surface area contributed by atoms with Gasteiger partial charge >= 0.3 is 6.18 Å². The summed E-state index contributed by atoms with van der Waals surface area (Å²) in [6, 6.07) is 7.04. The van der Waals surface area contributed by atoms with E-state index in [0.29, 0.717) is 23.0 Å². The normalized spacial score (nSPS) is 11.6. The van der Waals surface area contributed by atoms with Crippen molar-refractivity contribution >= 4 is 11.6 Å². The number of hydrogen-bond acceptors (Lipinski definition) is 6. The van der Waals surface area contributed by atoms with Gasteiger partial charge in [-0.05, 0) is 38.1 Å². The highest BCUT2D eigenvalue weighted by atomic mass is 19.4. The molecule has 0 atom stereocenters. The Morgan fingerprint density at radius 2 is 1.83 bits per heavy atom. The number of aryl methyl sites for hydroxylation is 2. The van der Waals surface area contributed by atoms with E-state index in [0.717, 1.165) is 10.7 Å². The minimum atomic E-state index is -4.63. The number of halogens is 3. The molecule has 0 unspecified atom stereocenters. The Labute approximate surface area is 167 Å². The van der Waals surface area contributed by atoms with E-state index in [2.05, 4.69) is 30.2 Å². The van der Waals surface area contributed by atoms with E-state index in [-0.39, 0.29) is 11.4 Å². The Kier molecular flexibility index (Phi) is 4.60. The van der Waals surface area contributed by atoms with Gasteiger partial charge in [-0.1, -0.05) is 5.16 Å². The molecule has 30 heavy (non-hydrogen) atoms. The first-order chi connectivity index (χ1) is 14.2. The smallest absolute Gasteiger partial charge is 0.364 e. The average Bonchev–Trinajstić information content (AvgIpc) is 3.41. The van der Waals surface area contributed by atoms with Crippen molar-refractivity contribution < 1.29 is 22.5 Å². The second-order valence-electron chi connectivity index (χ2n) is 6.33. The van der Waals surface area contributed by atoms with E-state index in [9.17, 15) is 18.0 Å². The second-order valence-corrected chi connectivity index (χ2v) is 6.33. The maximum atomic E-state index is 13.3. The summed E-state index contributed by atoms with van der Waals surface area (Å²) in [5, 5.41) is 13.9. The number of nitrogens with zero attached hydrogens (tertiary/aromatic N) is 6. The molecule has 0 saturated heterocycles. The van der Waals surface area contributed by atoms with Crippen molar-refractivity contribution in [3.63, 3.8) is 0 Å². The monoisotopic (exact) mass is 417 g/mol. The Balaban J connectivity index is 1.70. The van der Waals surface area contributed by atoms with Gasteiger partial charge in [0.1, 0.15) is 17.9 Å². The largest absolute Gasteiger partial charge is 0.435 e. The minimum Gasteiger partial charge on any atom is -0.364 e. The summed E-state index contributed by atoms with van der Waals surface area (Å²) >= 11 is 0. The number of alkyl halides is 3. The van der Waals surface area contributed by atoms with Crippen LogP contribution in [0.5, 0.6) is 0 Å². The third kappa shape index (κ3) is 3.66. The fourth-order valence-electron chi connectivity index (χ4n) is 2.79. The summed E-state index contributed by atoms with van der Waals surface area (Å²) in [6.07, 6.45) is -2.17. The maximum absolute atomic E-state index is 13.3. The fraction of sp³-hybridized carbons (Fsp3) is 0.167. The molecule has 1 amide bonds. The molecular formula is C18H14F3N7O2. The van der Waals surface area contributed by atoms with Crippen molar-refractivity contribution in [3.05, 3.63) is 65.7 Å². The molecule has 1 aromatic carbocycles. The van der Waals surface area contributed by atoms with Gasteiger partial charge in [0.2, 0.25) is 0 Å². The number of nitrogens with one attached hydrogen (secondary N) is 1. The van der Waals surface area contributed by atoms with Crippen molar-refractivity contribution in [1.82, 2.24) is 29.7 Å². The summed E-state index contributed by atoms with van der Waals surface area (Å²) in [5.41, 5.74) is -0.0475. The predicted molar refractivity (Wildman–Crippen MR) is 97.4 cm³/mol. The van der Waals surface area contributed by atoms with E-state index in [4.69, 9.17) is 0 Å². The van der Waals surface area contributed by atoms with Gasteiger partial charge in [0.25, 0.3) is 5.91 Å². The maximum Gasteiger partial charge on any atom is 0.435 e. The number of hydrogen-bond donors (Lipinski definition) is 1. The zero-order valence-electron chi connectivity index (χ0n) is 15.7. The van der Waals surface area contributed by atoms with Gasteiger partial charge in [-0.2, -0.15) is 23.0 Å². The van der Waals surface area contributed by atoms with Crippen LogP contribution in [0.15, 0.2) is 47.3 Å². The lowest BCUT2D eigenvalue weighted by Crippen LogP contribution is -2.12. The fourth-order valence-corrected chi connectivity index (χ4v) is 2.79. The van der Waals surface area contributed by atoms with E-state index in [1.54, 1.807) is 26.0 Å². The molecule has 12 heteroatoms. The highest BCUT2D eigenvalue weighted by molar-refractivity contribution is 6.03. The first kappa shape index (κ1) is 19.4. The van der Waals surface area contributed by atoms with Crippen LogP contribution in [0.1, 0.15) is 27.7 Å². The molecule has 0 saturated carbocycles. The minimum absolute atomic E-state index is 0.0849. The number of carbonyl (C=O) groups is 1. The molecule has 0 aliphatic heterocycles. The van der Waals surface area contributed by atoms with E-state index < -0.39 is 17.8 Å². The molecule has 1 N–H and O–H groups in total. The zero-order chi connectivity index (χ0) is 21.5. The van der Waals surface area contributed by atoms with Crippen LogP contribution in [0.2, 0.25) is 0 Å². The van der Waals surface area contributed by atoms with Crippen molar-refractivity contribution in [2.45, 2.75) is 20.0 Å². The van der Waals surface area contributed by atoms with E-state index in [1.807, 2.05) is 0 Å². The van der Waals surface area contributed by atoms with Crippen LogP contribution in [0.25, 0.3) is 11.5 Å². The quantitative estimate of drug-likeness (QED) is 0.546. The van der Waals surface area contributed by atoms with E-state index in [1.165, 1.54) is 29.3 Å². The summed E-state index contributed by atoms with van der Waals surface area (Å²) in [7, 11) is 0. The summed E-state index contributed by atoms with van der Waals surface area (Å²) in [6.45, 7) is 3.27. The molecule has 0 bridgehead atoms. The predicted octanol–water partition coefficient (Wildman–Crippen LogP) is 3.33. The molecule has 0 fully saturated rings. The standard InChI is InChI=1S/C18H14F3N7O2/c1-10-23-11(2)27(25-10)16-7-15(18(19,20)21)26-28(16)14-5-3-13(4-6-14)24-17(29)12-8-22-30-9-12/h3-9H,1-2H3,(H,24,29). The van der Waals surface area contributed by atoms with Crippen molar-refractivity contribution in [2.75, 3.05) is 5.32 Å². The van der Waals surface area contributed by atoms with Crippen LogP contribution in [-0.2, 0) is 6.18 Å².